The molecule has 0 aliphatic rings. The average molecular weight is 301 g/mol. The number of hydrogen-bond acceptors (Lipinski definition) is 3. The van der Waals surface area contributed by atoms with Crippen LogP contribution in [0.4, 0.5) is 0 Å². The SMILES string of the molecule is CCCNCc1cc(Cl)ccc1-n1nnc2ccccc21. The molecule has 3 aromatic rings. The number of rotatable bonds is 5. The van der Waals surface area contributed by atoms with Crippen molar-refractivity contribution in [1.29, 1.82) is 0 Å². The third kappa shape index (κ3) is 2.91. The molecule has 0 unspecified atom stereocenters. The van der Waals surface area contributed by atoms with Gasteiger partial charge in [0.1, 0.15) is 5.52 Å². The molecule has 0 fully saturated rings. The van der Waals surface area contributed by atoms with Crippen molar-refractivity contribution in [3.63, 3.8) is 0 Å². The minimum Gasteiger partial charge on any atom is -0.313 e. The van der Waals surface area contributed by atoms with Crippen molar-refractivity contribution in [1.82, 2.24) is 20.3 Å². The van der Waals surface area contributed by atoms with E-state index in [9.17, 15) is 0 Å². The van der Waals surface area contributed by atoms with E-state index in [1.807, 2.05) is 47.1 Å². The first-order chi connectivity index (χ1) is 10.3. The molecule has 0 saturated carbocycles. The monoisotopic (exact) mass is 300 g/mol. The van der Waals surface area contributed by atoms with Crippen LogP contribution in [-0.4, -0.2) is 21.5 Å². The fourth-order valence-electron chi connectivity index (χ4n) is 2.35. The molecule has 108 valence electrons. The predicted molar refractivity (Wildman–Crippen MR) is 85.9 cm³/mol. The van der Waals surface area contributed by atoms with E-state index >= 15 is 0 Å². The van der Waals surface area contributed by atoms with Crippen molar-refractivity contribution < 1.29 is 0 Å². The van der Waals surface area contributed by atoms with Crippen LogP contribution in [0.3, 0.4) is 0 Å². The van der Waals surface area contributed by atoms with E-state index in [2.05, 4.69) is 22.6 Å². The topological polar surface area (TPSA) is 42.7 Å². The fourth-order valence-corrected chi connectivity index (χ4v) is 2.54. The Bertz CT molecular complexity index is 751. The Balaban J connectivity index is 2.04. The van der Waals surface area contributed by atoms with Crippen LogP contribution in [0.1, 0.15) is 18.9 Å². The minimum atomic E-state index is 0.733. The largest absolute Gasteiger partial charge is 0.313 e. The summed E-state index contributed by atoms with van der Waals surface area (Å²) in [6.45, 7) is 3.89. The molecule has 0 bridgehead atoms. The molecule has 0 radical (unpaired) electrons. The third-order valence-corrected chi connectivity index (χ3v) is 3.60. The second-order valence-electron chi connectivity index (χ2n) is 4.94. The van der Waals surface area contributed by atoms with Gasteiger partial charge in [-0.15, -0.1) is 5.10 Å². The molecule has 21 heavy (non-hydrogen) atoms. The highest BCUT2D eigenvalue weighted by molar-refractivity contribution is 6.30. The van der Waals surface area contributed by atoms with Gasteiger partial charge in [0.05, 0.1) is 11.2 Å². The number of aromatic nitrogens is 3. The molecule has 4 nitrogen and oxygen atoms in total. The van der Waals surface area contributed by atoms with Crippen LogP contribution in [0, 0.1) is 0 Å². The van der Waals surface area contributed by atoms with Gasteiger partial charge in [-0.3, -0.25) is 0 Å². The average Bonchev–Trinajstić information content (AvgIpc) is 2.92. The molecule has 0 aliphatic carbocycles. The lowest BCUT2D eigenvalue weighted by Crippen LogP contribution is -2.16. The van der Waals surface area contributed by atoms with Crippen LogP contribution in [0.15, 0.2) is 42.5 Å². The van der Waals surface area contributed by atoms with Gasteiger partial charge in [-0.1, -0.05) is 35.9 Å². The van der Waals surface area contributed by atoms with E-state index in [4.69, 9.17) is 11.6 Å². The molecular formula is C16H17ClN4. The van der Waals surface area contributed by atoms with Crippen molar-refractivity contribution in [2.75, 3.05) is 6.54 Å². The van der Waals surface area contributed by atoms with Crippen molar-refractivity contribution in [2.45, 2.75) is 19.9 Å². The summed E-state index contributed by atoms with van der Waals surface area (Å²) in [7, 11) is 0. The molecule has 0 saturated heterocycles. The fraction of sp³-hybridized carbons (Fsp3) is 0.250. The summed E-state index contributed by atoms with van der Waals surface area (Å²) in [5, 5.41) is 12.6. The first-order valence-corrected chi connectivity index (χ1v) is 7.47. The van der Waals surface area contributed by atoms with Crippen molar-refractivity contribution in [2.24, 2.45) is 0 Å². The van der Waals surface area contributed by atoms with E-state index in [1.54, 1.807) is 0 Å². The first-order valence-electron chi connectivity index (χ1n) is 7.09. The third-order valence-electron chi connectivity index (χ3n) is 3.36. The number of para-hydroxylation sites is 1. The Kier molecular flexibility index (Phi) is 4.18. The summed E-state index contributed by atoms with van der Waals surface area (Å²) < 4.78 is 1.87. The molecule has 1 aromatic heterocycles. The zero-order valence-corrected chi connectivity index (χ0v) is 12.6. The van der Waals surface area contributed by atoms with Crippen LogP contribution >= 0.6 is 11.6 Å². The summed E-state index contributed by atoms with van der Waals surface area (Å²) in [6.07, 6.45) is 1.10. The van der Waals surface area contributed by atoms with Gasteiger partial charge in [0.25, 0.3) is 0 Å². The predicted octanol–water partition coefficient (Wildman–Crippen LogP) is 3.57. The smallest absolute Gasteiger partial charge is 0.113 e. The zero-order chi connectivity index (χ0) is 14.7. The van der Waals surface area contributed by atoms with Gasteiger partial charge in [-0.25, -0.2) is 4.68 Å². The maximum Gasteiger partial charge on any atom is 0.113 e. The molecule has 0 atom stereocenters. The second kappa shape index (κ2) is 6.24. The highest BCUT2D eigenvalue weighted by Crippen LogP contribution is 2.22. The highest BCUT2D eigenvalue weighted by Gasteiger charge is 2.10. The van der Waals surface area contributed by atoms with Gasteiger partial charge in [0.2, 0.25) is 0 Å². The van der Waals surface area contributed by atoms with Crippen molar-refractivity contribution in [3.8, 4) is 5.69 Å². The van der Waals surface area contributed by atoms with Crippen LogP contribution in [0.2, 0.25) is 5.02 Å². The number of fused-ring (bicyclic) bond motifs is 1. The van der Waals surface area contributed by atoms with Gasteiger partial charge in [-0.2, -0.15) is 0 Å². The van der Waals surface area contributed by atoms with E-state index in [0.29, 0.717) is 0 Å². The number of benzene rings is 2. The van der Waals surface area contributed by atoms with Crippen LogP contribution in [0.5, 0.6) is 0 Å². The summed E-state index contributed by atoms with van der Waals surface area (Å²) >= 11 is 6.14. The highest BCUT2D eigenvalue weighted by atomic mass is 35.5. The number of nitrogens with one attached hydrogen (secondary N) is 1. The number of nitrogens with zero attached hydrogens (tertiary/aromatic N) is 3. The van der Waals surface area contributed by atoms with Crippen LogP contribution in [0.25, 0.3) is 16.7 Å². The summed E-state index contributed by atoms with van der Waals surface area (Å²) in [6, 6.07) is 13.8. The van der Waals surface area contributed by atoms with Crippen molar-refractivity contribution >= 4 is 22.6 Å². The van der Waals surface area contributed by atoms with Gasteiger partial charge in [0.15, 0.2) is 0 Å². The molecule has 0 amide bonds. The van der Waals surface area contributed by atoms with E-state index in [-0.39, 0.29) is 0 Å². The lowest BCUT2D eigenvalue weighted by Gasteiger charge is -2.11. The molecule has 1 heterocycles. The summed E-state index contributed by atoms with van der Waals surface area (Å²) in [4.78, 5) is 0. The summed E-state index contributed by atoms with van der Waals surface area (Å²) in [5.74, 6) is 0. The van der Waals surface area contributed by atoms with Crippen molar-refractivity contribution in [3.05, 3.63) is 53.1 Å². The number of halogens is 1. The standard InChI is InChI=1S/C16H17ClN4/c1-2-9-18-11-12-10-13(17)7-8-15(12)21-16-6-4-3-5-14(16)19-20-21/h3-8,10,18H,2,9,11H2,1H3. The molecular weight excluding hydrogens is 284 g/mol. The van der Waals surface area contributed by atoms with E-state index < -0.39 is 0 Å². The first kappa shape index (κ1) is 14.0. The zero-order valence-electron chi connectivity index (χ0n) is 11.9. The molecule has 0 aliphatic heterocycles. The van der Waals surface area contributed by atoms with Gasteiger partial charge < -0.3 is 5.32 Å². The summed E-state index contributed by atoms with van der Waals surface area (Å²) in [5.41, 5.74) is 4.01. The quantitative estimate of drug-likeness (QED) is 0.733. The Morgan fingerprint density at radius 2 is 2.05 bits per heavy atom. The van der Waals surface area contributed by atoms with E-state index in [1.165, 1.54) is 0 Å². The van der Waals surface area contributed by atoms with E-state index in [0.717, 1.165) is 46.8 Å². The Hall–Kier alpha value is -1.91. The molecule has 3 rings (SSSR count). The van der Waals surface area contributed by atoms with Gasteiger partial charge in [-0.05, 0) is 48.9 Å². The molecule has 0 spiro atoms. The maximum atomic E-state index is 6.14. The molecule has 5 heteroatoms. The maximum absolute atomic E-state index is 6.14. The second-order valence-corrected chi connectivity index (χ2v) is 5.38. The van der Waals surface area contributed by atoms with Crippen LogP contribution < -0.4 is 5.32 Å². The Morgan fingerprint density at radius 1 is 1.19 bits per heavy atom. The molecule has 1 N–H and O–H groups in total. The Labute approximate surface area is 128 Å². The van der Waals surface area contributed by atoms with Crippen LogP contribution in [-0.2, 0) is 6.54 Å². The minimum absolute atomic E-state index is 0.733. The van der Waals surface area contributed by atoms with Gasteiger partial charge >= 0.3 is 0 Å². The van der Waals surface area contributed by atoms with Gasteiger partial charge in [0, 0.05) is 11.6 Å². The lowest BCUT2D eigenvalue weighted by molar-refractivity contribution is 0.669. The molecule has 2 aromatic carbocycles. The number of hydrogen-bond donors (Lipinski definition) is 1. The normalized spacial score (nSPS) is 11.1. The lowest BCUT2D eigenvalue weighted by atomic mass is 10.1. The Morgan fingerprint density at radius 3 is 2.90 bits per heavy atom.